The summed E-state index contributed by atoms with van der Waals surface area (Å²) in [5, 5.41) is 24.1. The summed E-state index contributed by atoms with van der Waals surface area (Å²) in [5.41, 5.74) is 0.964. The third kappa shape index (κ3) is 2.70. The van der Waals surface area contributed by atoms with E-state index in [1.54, 1.807) is 14.0 Å². The number of halogens is 1. The fourth-order valence-electron chi connectivity index (χ4n) is 2.01. The molecule has 0 saturated carbocycles. The number of rotatable bonds is 4. The highest BCUT2D eigenvalue weighted by Crippen LogP contribution is 2.32. The average Bonchev–Trinajstić information content (AvgIpc) is 2.67. The molecule has 0 aliphatic heterocycles. The Labute approximate surface area is 119 Å². The normalized spacial score (nSPS) is 10.7. The molecule has 0 unspecified atom stereocenters. The summed E-state index contributed by atoms with van der Waals surface area (Å²) in [6.07, 6.45) is 0. The van der Waals surface area contributed by atoms with Gasteiger partial charge in [-0.1, -0.05) is 0 Å². The van der Waals surface area contributed by atoms with E-state index < -0.39 is 10.7 Å². The average molecular weight is 295 g/mol. The molecule has 1 heterocycles. The van der Waals surface area contributed by atoms with Gasteiger partial charge in [-0.15, -0.1) is 0 Å². The molecule has 8 heteroatoms. The lowest BCUT2D eigenvalue weighted by Crippen LogP contribution is -2.00. The highest BCUT2D eigenvalue weighted by atomic mass is 19.1. The summed E-state index contributed by atoms with van der Waals surface area (Å²) in [5.74, 6) is -0.812. The molecule has 1 aromatic carbocycles. The smallest absolute Gasteiger partial charge is 0.275 e. The Morgan fingerprint density at radius 3 is 2.71 bits per heavy atom. The van der Waals surface area contributed by atoms with Crippen LogP contribution < -0.4 is 4.74 Å². The van der Waals surface area contributed by atoms with Gasteiger partial charge in [-0.2, -0.15) is 5.10 Å². The van der Waals surface area contributed by atoms with E-state index in [0.717, 1.165) is 6.07 Å². The molecule has 0 fully saturated rings. The molecule has 2 rings (SSSR count). The van der Waals surface area contributed by atoms with Crippen LogP contribution in [0.25, 0.3) is 0 Å². The van der Waals surface area contributed by atoms with Crippen molar-refractivity contribution in [2.45, 2.75) is 20.5 Å². The van der Waals surface area contributed by atoms with Gasteiger partial charge in [0.1, 0.15) is 0 Å². The van der Waals surface area contributed by atoms with Crippen molar-refractivity contribution in [3.8, 4) is 11.6 Å². The molecule has 2 aromatic rings. The number of hydrogen-bond donors (Lipinski definition) is 1. The number of benzene rings is 1. The van der Waals surface area contributed by atoms with E-state index in [9.17, 15) is 19.6 Å². The van der Waals surface area contributed by atoms with Crippen LogP contribution in [-0.2, 0) is 13.7 Å². The van der Waals surface area contributed by atoms with Gasteiger partial charge < -0.3 is 9.84 Å². The molecule has 0 aliphatic carbocycles. The van der Waals surface area contributed by atoms with Crippen molar-refractivity contribution < 1.29 is 19.2 Å². The summed E-state index contributed by atoms with van der Waals surface area (Å²) < 4.78 is 20.7. The molecule has 0 saturated heterocycles. The van der Waals surface area contributed by atoms with Crippen molar-refractivity contribution >= 4 is 5.69 Å². The van der Waals surface area contributed by atoms with E-state index in [1.165, 1.54) is 17.7 Å². The first-order valence-electron chi connectivity index (χ1n) is 6.10. The predicted molar refractivity (Wildman–Crippen MR) is 71.7 cm³/mol. The van der Waals surface area contributed by atoms with Crippen LogP contribution in [0.2, 0.25) is 0 Å². The summed E-state index contributed by atoms with van der Waals surface area (Å²) in [4.78, 5) is 10.1. The molecular weight excluding hydrogens is 281 g/mol. The summed E-state index contributed by atoms with van der Waals surface area (Å²) in [7, 11) is 1.59. The quantitative estimate of drug-likeness (QED) is 0.690. The van der Waals surface area contributed by atoms with E-state index in [1.807, 2.05) is 0 Å². The maximum Gasteiger partial charge on any atom is 0.275 e. The van der Waals surface area contributed by atoms with Crippen LogP contribution in [0.1, 0.15) is 16.8 Å². The Morgan fingerprint density at radius 2 is 2.14 bits per heavy atom. The maximum absolute atomic E-state index is 13.9. The minimum absolute atomic E-state index is 0.157. The second-order valence-corrected chi connectivity index (χ2v) is 4.58. The van der Waals surface area contributed by atoms with Gasteiger partial charge in [0.25, 0.3) is 5.69 Å². The number of nitro groups is 1. The number of aliphatic hydroxyl groups is 1. The van der Waals surface area contributed by atoms with Crippen LogP contribution in [0, 0.1) is 29.8 Å². The SMILES string of the molecule is Cc1cc(Oc2c(CO)c(C)nn2C)c(F)cc1[N+](=O)[O-]. The molecule has 7 nitrogen and oxygen atoms in total. The highest BCUT2D eigenvalue weighted by molar-refractivity contribution is 5.47. The van der Waals surface area contributed by atoms with Crippen LogP contribution in [0.15, 0.2) is 12.1 Å². The van der Waals surface area contributed by atoms with E-state index in [2.05, 4.69) is 5.10 Å². The third-order valence-corrected chi connectivity index (χ3v) is 3.10. The van der Waals surface area contributed by atoms with Gasteiger partial charge in [0.2, 0.25) is 5.88 Å². The molecule has 112 valence electrons. The number of aryl methyl sites for hydroxylation is 3. The van der Waals surface area contributed by atoms with Crippen molar-refractivity contribution in [1.29, 1.82) is 0 Å². The lowest BCUT2D eigenvalue weighted by molar-refractivity contribution is -0.385. The number of hydrogen-bond acceptors (Lipinski definition) is 5. The van der Waals surface area contributed by atoms with Gasteiger partial charge in [0.15, 0.2) is 11.6 Å². The zero-order valence-electron chi connectivity index (χ0n) is 11.8. The lowest BCUT2D eigenvalue weighted by Gasteiger charge is -2.09. The fourth-order valence-corrected chi connectivity index (χ4v) is 2.01. The zero-order chi connectivity index (χ0) is 15.7. The monoisotopic (exact) mass is 295 g/mol. The Balaban J connectivity index is 2.46. The van der Waals surface area contributed by atoms with E-state index >= 15 is 0 Å². The maximum atomic E-state index is 13.9. The van der Waals surface area contributed by atoms with E-state index in [-0.39, 0.29) is 29.5 Å². The van der Waals surface area contributed by atoms with Crippen LogP contribution >= 0.6 is 0 Å². The van der Waals surface area contributed by atoms with Gasteiger partial charge in [-0.3, -0.25) is 10.1 Å². The zero-order valence-corrected chi connectivity index (χ0v) is 11.8. The molecule has 1 N–H and O–H groups in total. The van der Waals surface area contributed by atoms with Gasteiger partial charge in [0, 0.05) is 12.6 Å². The van der Waals surface area contributed by atoms with E-state index in [0.29, 0.717) is 11.3 Å². The topological polar surface area (TPSA) is 90.4 Å². The van der Waals surface area contributed by atoms with Gasteiger partial charge in [-0.05, 0) is 19.9 Å². The Morgan fingerprint density at radius 1 is 1.48 bits per heavy atom. The molecule has 0 aliphatic rings. The molecule has 0 radical (unpaired) electrons. The summed E-state index contributed by atoms with van der Waals surface area (Å²) in [6, 6.07) is 2.06. The predicted octanol–water partition coefficient (Wildman–Crippen LogP) is 2.37. The molecule has 1 aromatic heterocycles. The molecule has 0 bridgehead atoms. The van der Waals surface area contributed by atoms with Crippen LogP contribution in [-0.4, -0.2) is 19.8 Å². The van der Waals surface area contributed by atoms with Crippen LogP contribution in [0.5, 0.6) is 11.6 Å². The molecule has 0 spiro atoms. The third-order valence-electron chi connectivity index (χ3n) is 3.10. The fraction of sp³-hybridized carbons (Fsp3) is 0.308. The largest absolute Gasteiger partial charge is 0.436 e. The van der Waals surface area contributed by atoms with Gasteiger partial charge in [0.05, 0.1) is 28.9 Å². The second kappa shape index (κ2) is 5.49. The number of nitrogens with zero attached hydrogens (tertiary/aromatic N) is 3. The van der Waals surface area contributed by atoms with E-state index in [4.69, 9.17) is 4.74 Å². The number of aromatic nitrogens is 2. The van der Waals surface area contributed by atoms with Crippen molar-refractivity contribution in [2.24, 2.45) is 7.05 Å². The number of nitro benzene ring substituents is 1. The van der Waals surface area contributed by atoms with Gasteiger partial charge in [-0.25, -0.2) is 9.07 Å². The number of ether oxygens (including phenoxy) is 1. The van der Waals surface area contributed by atoms with Crippen LogP contribution in [0.4, 0.5) is 10.1 Å². The summed E-state index contributed by atoms with van der Waals surface area (Å²) in [6.45, 7) is 2.88. The molecule has 0 amide bonds. The van der Waals surface area contributed by atoms with Crippen molar-refractivity contribution in [1.82, 2.24) is 9.78 Å². The molecule has 0 atom stereocenters. The van der Waals surface area contributed by atoms with Crippen molar-refractivity contribution in [3.05, 3.63) is 44.9 Å². The Kier molecular flexibility index (Phi) is 3.90. The Hall–Kier alpha value is -2.48. The number of aliphatic hydroxyl groups excluding tert-OH is 1. The molecular formula is C13H14FN3O4. The first kappa shape index (κ1) is 14.9. The standard InChI is InChI=1S/C13H14FN3O4/c1-7-4-12(10(14)5-11(7)17(19)20)21-13-9(6-18)8(2)15-16(13)3/h4-5,18H,6H2,1-3H3. The van der Waals surface area contributed by atoms with Crippen LogP contribution in [0.3, 0.4) is 0 Å². The summed E-state index contributed by atoms with van der Waals surface area (Å²) >= 11 is 0. The van der Waals surface area contributed by atoms with Crippen molar-refractivity contribution in [2.75, 3.05) is 0 Å². The van der Waals surface area contributed by atoms with Crippen molar-refractivity contribution in [3.63, 3.8) is 0 Å². The Bertz CT molecular complexity index is 712. The minimum atomic E-state index is -0.852. The molecule has 21 heavy (non-hydrogen) atoms. The minimum Gasteiger partial charge on any atom is -0.436 e. The lowest BCUT2D eigenvalue weighted by atomic mass is 10.2. The second-order valence-electron chi connectivity index (χ2n) is 4.58. The first-order chi connectivity index (χ1) is 9.85. The van der Waals surface area contributed by atoms with Gasteiger partial charge >= 0.3 is 0 Å². The first-order valence-corrected chi connectivity index (χ1v) is 6.10. The highest BCUT2D eigenvalue weighted by Gasteiger charge is 2.20.